The molecule has 7 nitrogen and oxygen atoms in total. The number of anilines is 2. The first kappa shape index (κ1) is 23.6. The topological polar surface area (TPSA) is 85.4 Å². The summed E-state index contributed by atoms with van der Waals surface area (Å²) in [5.74, 6) is 2.11. The number of methoxy groups -OCH3 is 1. The van der Waals surface area contributed by atoms with E-state index in [9.17, 15) is 4.79 Å². The summed E-state index contributed by atoms with van der Waals surface area (Å²) in [6, 6.07) is 13.0. The largest absolute Gasteiger partial charge is 0.493 e. The van der Waals surface area contributed by atoms with Crippen LogP contribution in [0.5, 0.6) is 5.75 Å². The monoisotopic (exact) mass is 452 g/mol. The Bertz CT molecular complexity index is 1030. The second-order valence-corrected chi connectivity index (χ2v) is 8.23. The Morgan fingerprint density at radius 2 is 1.78 bits per heavy atom. The highest BCUT2D eigenvalue weighted by Crippen LogP contribution is 2.28. The van der Waals surface area contributed by atoms with Crippen molar-refractivity contribution in [1.29, 1.82) is 0 Å². The van der Waals surface area contributed by atoms with Gasteiger partial charge in [-0.1, -0.05) is 0 Å². The molecule has 0 radical (unpaired) electrons. The lowest BCUT2D eigenvalue weighted by Crippen LogP contribution is -2.20. The molecule has 1 aromatic carbocycles. The third-order valence-corrected chi connectivity index (χ3v) is 5.68. The first-order chi connectivity index (χ1) is 15.5. The van der Waals surface area contributed by atoms with Gasteiger partial charge in [-0.2, -0.15) is 0 Å². The number of aromatic nitrogens is 2. The lowest BCUT2D eigenvalue weighted by molar-refractivity contribution is 0.172. The number of aryl methyl sites for hydroxylation is 1. The van der Waals surface area contributed by atoms with E-state index in [1.54, 1.807) is 31.3 Å². The number of carbonyl (C=O) groups excluding carboxylic acids is 1. The number of hydrogen-bond donors (Lipinski definition) is 2. The molecule has 0 fully saturated rings. The smallest absolute Gasteiger partial charge is 0.324 e. The maximum absolute atomic E-state index is 12.2. The predicted octanol–water partition coefficient (Wildman–Crippen LogP) is 5.45. The summed E-state index contributed by atoms with van der Waals surface area (Å²) in [7, 11) is 1.69. The van der Waals surface area contributed by atoms with Crippen LogP contribution in [0.4, 0.5) is 16.3 Å². The quantitative estimate of drug-likeness (QED) is 0.314. The van der Waals surface area contributed by atoms with Crippen molar-refractivity contribution < 1.29 is 14.3 Å². The molecular formula is C24H28N4O3S. The number of benzene rings is 1. The number of hydrogen-bond acceptors (Lipinski definition) is 6. The van der Waals surface area contributed by atoms with E-state index in [0.29, 0.717) is 24.7 Å². The Kier molecular flexibility index (Phi) is 8.89. The first-order valence-corrected chi connectivity index (χ1v) is 11.3. The van der Waals surface area contributed by atoms with Crippen molar-refractivity contribution in [1.82, 2.24) is 9.97 Å². The number of amides is 2. The highest BCUT2D eigenvalue weighted by molar-refractivity contribution is 7.98. The van der Waals surface area contributed by atoms with Gasteiger partial charge in [-0.25, -0.2) is 9.78 Å². The molecule has 3 rings (SSSR count). The van der Waals surface area contributed by atoms with E-state index >= 15 is 0 Å². The highest BCUT2D eigenvalue weighted by Gasteiger charge is 2.08. The lowest BCUT2D eigenvalue weighted by Gasteiger charge is -2.12. The highest BCUT2D eigenvalue weighted by atomic mass is 32.2. The Morgan fingerprint density at radius 1 is 1.00 bits per heavy atom. The van der Waals surface area contributed by atoms with Gasteiger partial charge in [0.05, 0.1) is 12.3 Å². The molecule has 0 atom stereocenters. The van der Waals surface area contributed by atoms with Crippen molar-refractivity contribution in [3.63, 3.8) is 0 Å². The minimum absolute atomic E-state index is 0.328. The van der Waals surface area contributed by atoms with Crippen molar-refractivity contribution in [2.75, 3.05) is 31.0 Å². The molecule has 0 bridgehead atoms. The molecule has 2 aromatic heterocycles. The molecule has 2 amide bonds. The predicted molar refractivity (Wildman–Crippen MR) is 129 cm³/mol. The molecule has 0 saturated heterocycles. The number of nitrogens with one attached hydrogen (secondary N) is 2. The van der Waals surface area contributed by atoms with Gasteiger partial charge in [0.1, 0.15) is 11.6 Å². The number of rotatable bonds is 10. The summed E-state index contributed by atoms with van der Waals surface area (Å²) in [5.41, 5.74) is 3.79. The van der Waals surface area contributed by atoms with Crippen molar-refractivity contribution in [3.8, 4) is 5.75 Å². The van der Waals surface area contributed by atoms with Gasteiger partial charge in [0, 0.05) is 54.4 Å². The first-order valence-electron chi connectivity index (χ1n) is 10.3. The van der Waals surface area contributed by atoms with Crippen molar-refractivity contribution in [2.24, 2.45) is 0 Å². The SMILES string of the molecule is COCCCOc1ccnc(CSc2ccc(NC(=O)Nc3cc(C)ccn3)cc2)c1C. The Labute approximate surface area is 193 Å². The third kappa shape index (κ3) is 7.25. The third-order valence-electron chi connectivity index (χ3n) is 4.65. The zero-order valence-corrected chi connectivity index (χ0v) is 19.4. The van der Waals surface area contributed by atoms with Crippen LogP contribution in [-0.2, 0) is 10.5 Å². The molecule has 32 heavy (non-hydrogen) atoms. The van der Waals surface area contributed by atoms with E-state index in [4.69, 9.17) is 9.47 Å². The molecule has 2 N–H and O–H groups in total. The Hall–Kier alpha value is -3.10. The number of urea groups is 1. The van der Waals surface area contributed by atoms with E-state index in [-0.39, 0.29) is 6.03 Å². The van der Waals surface area contributed by atoms with Gasteiger partial charge in [-0.05, 0) is 61.9 Å². The molecule has 0 aliphatic heterocycles. The van der Waals surface area contributed by atoms with Crippen LogP contribution in [0.1, 0.15) is 23.2 Å². The van der Waals surface area contributed by atoms with E-state index in [1.165, 1.54) is 0 Å². The van der Waals surface area contributed by atoms with Crippen LogP contribution < -0.4 is 15.4 Å². The second kappa shape index (κ2) is 12.1. The number of thioether (sulfide) groups is 1. The number of ether oxygens (including phenoxy) is 2. The molecule has 0 aliphatic rings. The maximum Gasteiger partial charge on any atom is 0.324 e. The molecule has 0 aliphatic carbocycles. The molecule has 168 valence electrons. The summed E-state index contributed by atoms with van der Waals surface area (Å²) in [6.07, 6.45) is 4.29. The van der Waals surface area contributed by atoms with Crippen LogP contribution in [0.2, 0.25) is 0 Å². The molecule has 0 unspecified atom stereocenters. The van der Waals surface area contributed by atoms with Crippen molar-refractivity contribution in [3.05, 3.63) is 71.7 Å². The second-order valence-electron chi connectivity index (χ2n) is 7.19. The van der Waals surface area contributed by atoms with E-state index < -0.39 is 0 Å². The van der Waals surface area contributed by atoms with Crippen LogP contribution in [0.3, 0.4) is 0 Å². The van der Waals surface area contributed by atoms with Gasteiger partial charge in [-0.3, -0.25) is 10.3 Å². The normalized spacial score (nSPS) is 10.6. The summed E-state index contributed by atoms with van der Waals surface area (Å²) >= 11 is 1.68. The fraction of sp³-hybridized carbons (Fsp3) is 0.292. The maximum atomic E-state index is 12.2. The summed E-state index contributed by atoms with van der Waals surface area (Å²) in [6.45, 7) is 5.28. The molecular weight excluding hydrogens is 424 g/mol. The Morgan fingerprint density at radius 3 is 2.53 bits per heavy atom. The molecule has 0 spiro atoms. The van der Waals surface area contributed by atoms with Crippen molar-refractivity contribution in [2.45, 2.75) is 30.9 Å². The van der Waals surface area contributed by atoms with Gasteiger partial charge < -0.3 is 14.8 Å². The summed E-state index contributed by atoms with van der Waals surface area (Å²) < 4.78 is 10.9. The zero-order chi connectivity index (χ0) is 22.8. The van der Waals surface area contributed by atoms with Gasteiger partial charge in [-0.15, -0.1) is 11.8 Å². The van der Waals surface area contributed by atoms with Gasteiger partial charge in [0.15, 0.2) is 0 Å². The molecule has 8 heteroatoms. The number of carbonyl (C=O) groups is 1. The van der Waals surface area contributed by atoms with Crippen LogP contribution in [0.15, 0.2) is 59.8 Å². The molecule has 2 heterocycles. The van der Waals surface area contributed by atoms with Crippen LogP contribution in [-0.4, -0.2) is 36.3 Å². The average Bonchev–Trinajstić information content (AvgIpc) is 2.78. The standard InChI is InChI=1S/C24H28N4O3S/c1-17-9-11-26-23(15-17)28-24(29)27-19-5-7-20(8-6-19)32-16-21-18(2)22(10-12-25-21)31-14-4-13-30-3/h5-12,15H,4,13-14,16H2,1-3H3,(H2,26,27,28,29). The van der Waals surface area contributed by atoms with Crippen LogP contribution in [0.25, 0.3) is 0 Å². The summed E-state index contributed by atoms with van der Waals surface area (Å²) in [4.78, 5) is 21.9. The van der Waals surface area contributed by atoms with Gasteiger partial charge in [0.2, 0.25) is 0 Å². The summed E-state index contributed by atoms with van der Waals surface area (Å²) in [5, 5.41) is 5.55. The average molecular weight is 453 g/mol. The molecule has 0 saturated carbocycles. The van der Waals surface area contributed by atoms with Crippen molar-refractivity contribution >= 4 is 29.3 Å². The number of nitrogens with zero attached hydrogens (tertiary/aromatic N) is 2. The van der Waals surface area contributed by atoms with Crippen LogP contribution in [0, 0.1) is 13.8 Å². The zero-order valence-electron chi connectivity index (χ0n) is 18.6. The number of pyridine rings is 2. The van der Waals surface area contributed by atoms with E-state index in [0.717, 1.165) is 39.6 Å². The fourth-order valence-corrected chi connectivity index (χ4v) is 3.84. The lowest BCUT2D eigenvalue weighted by atomic mass is 10.2. The molecule has 3 aromatic rings. The van der Waals surface area contributed by atoms with Crippen LogP contribution >= 0.6 is 11.8 Å². The fourth-order valence-electron chi connectivity index (χ4n) is 2.92. The Balaban J connectivity index is 1.51. The van der Waals surface area contributed by atoms with E-state index in [1.807, 2.05) is 56.3 Å². The van der Waals surface area contributed by atoms with Gasteiger partial charge >= 0.3 is 6.03 Å². The minimum Gasteiger partial charge on any atom is -0.493 e. The van der Waals surface area contributed by atoms with Gasteiger partial charge in [0.25, 0.3) is 0 Å². The van der Waals surface area contributed by atoms with E-state index in [2.05, 4.69) is 20.6 Å². The minimum atomic E-state index is -0.328.